The van der Waals surface area contributed by atoms with Crippen molar-refractivity contribution in [3.63, 3.8) is 0 Å². The lowest BCUT2D eigenvalue weighted by atomic mass is 9.71. The third-order valence-electron chi connectivity index (χ3n) is 6.80. The molecule has 142 valence electrons. The highest BCUT2D eigenvalue weighted by Gasteiger charge is 2.61. The van der Waals surface area contributed by atoms with Crippen molar-refractivity contribution in [2.45, 2.75) is 65.1 Å². The lowest BCUT2D eigenvalue weighted by Crippen LogP contribution is -2.51. The number of allylic oxidation sites excluding steroid dienone is 4. The van der Waals surface area contributed by atoms with Crippen LogP contribution in [0.15, 0.2) is 35.3 Å². The van der Waals surface area contributed by atoms with Crippen LogP contribution < -0.4 is 0 Å². The number of carbonyl (C=O) groups excluding carboxylic acids is 1. The molecule has 0 amide bonds. The van der Waals surface area contributed by atoms with Gasteiger partial charge in [0.25, 0.3) is 0 Å². The van der Waals surface area contributed by atoms with E-state index >= 15 is 0 Å². The molecule has 0 radical (unpaired) electrons. The van der Waals surface area contributed by atoms with E-state index in [0.29, 0.717) is 12.4 Å². The molecule has 1 unspecified atom stereocenters. The van der Waals surface area contributed by atoms with Gasteiger partial charge in [0.2, 0.25) is 5.78 Å². The minimum absolute atomic E-state index is 0.0442. The molecular formula is C22H30O4. The molecule has 4 aliphatic rings. The second kappa shape index (κ2) is 5.98. The van der Waals surface area contributed by atoms with Gasteiger partial charge in [0.05, 0.1) is 24.5 Å². The van der Waals surface area contributed by atoms with E-state index in [-0.39, 0.29) is 40.8 Å². The Morgan fingerprint density at radius 1 is 1.23 bits per heavy atom. The summed E-state index contributed by atoms with van der Waals surface area (Å²) in [6, 6.07) is 0. The summed E-state index contributed by atoms with van der Waals surface area (Å²) < 4.78 is 12.5. The first kappa shape index (κ1) is 17.8. The second-order valence-corrected chi connectivity index (χ2v) is 9.42. The average Bonchev–Trinajstić information content (AvgIpc) is 3.09. The molecule has 2 saturated heterocycles. The third kappa shape index (κ3) is 2.74. The zero-order chi connectivity index (χ0) is 18.7. The fourth-order valence-electron chi connectivity index (χ4n) is 5.10. The van der Waals surface area contributed by atoms with Crippen LogP contribution in [0.4, 0.5) is 0 Å². The Hall–Kier alpha value is -1.55. The molecule has 0 bridgehead atoms. The molecule has 5 atom stereocenters. The van der Waals surface area contributed by atoms with Crippen molar-refractivity contribution < 1.29 is 19.4 Å². The van der Waals surface area contributed by atoms with Crippen LogP contribution in [0, 0.1) is 23.2 Å². The van der Waals surface area contributed by atoms with E-state index < -0.39 is 5.60 Å². The van der Waals surface area contributed by atoms with Gasteiger partial charge in [-0.2, -0.15) is 0 Å². The van der Waals surface area contributed by atoms with Crippen molar-refractivity contribution in [1.82, 2.24) is 0 Å². The third-order valence-corrected chi connectivity index (χ3v) is 6.80. The topological polar surface area (TPSA) is 55.8 Å². The molecule has 4 rings (SSSR count). The lowest BCUT2D eigenvalue weighted by molar-refractivity contribution is -0.139. The molecule has 1 N–H and O–H groups in total. The molecule has 0 aromatic heterocycles. The van der Waals surface area contributed by atoms with Crippen molar-refractivity contribution in [2.75, 3.05) is 6.61 Å². The summed E-state index contributed by atoms with van der Waals surface area (Å²) in [6.07, 6.45) is 10.6. The molecule has 2 aliphatic carbocycles. The van der Waals surface area contributed by atoms with Crippen LogP contribution in [0.2, 0.25) is 0 Å². The monoisotopic (exact) mass is 358 g/mol. The Balaban J connectivity index is 1.73. The molecule has 2 fully saturated rings. The van der Waals surface area contributed by atoms with E-state index in [1.165, 1.54) is 5.57 Å². The number of aliphatic hydroxyl groups is 1. The SMILES string of the molecule is C/C1=C\CC(C)(C)/C=C/C[C@@]2(C)OC3=C(O)C(=O)[C@H]4CO[C@H](C34)[C@@H]2CC1. The molecule has 0 aromatic rings. The Bertz CT molecular complexity index is 714. The fourth-order valence-corrected chi connectivity index (χ4v) is 5.10. The zero-order valence-electron chi connectivity index (χ0n) is 16.2. The number of fused-ring (bicyclic) bond motifs is 2. The lowest BCUT2D eigenvalue weighted by Gasteiger charge is -2.47. The maximum Gasteiger partial charge on any atom is 0.206 e. The van der Waals surface area contributed by atoms with Gasteiger partial charge < -0.3 is 14.6 Å². The van der Waals surface area contributed by atoms with Crippen LogP contribution >= 0.6 is 0 Å². The fraction of sp³-hybridized carbons (Fsp3) is 0.682. The number of aliphatic hydroxyl groups excluding tert-OH is 1. The molecule has 4 heteroatoms. The summed E-state index contributed by atoms with van der Waals surface area (Å²) in [7, 11) is 0. The summed E-state index contributed by atoms with van der Waals surface area (Å²) >= 11 is 0. The van der Waals surface area contributed by atoms with Gasteiger partial charge in [-0.25, -0.2) is 0 Å². The second-order valence-electron chi connectivity index (χ2n) is 9.42. The number of carbonyl (C=O) groups is 1. The summed E-state index contributed by atoms with van der Waals surface area (Å²) in [6.45, 7) is 9.21. The Labute approximate surface area is 155 Å². The van der Waals surface area contributed by atoms with E-state index in [1.54, 1.807) is 0 Å². The number of Topliss-reactive ketones (excluding diaryl/α,β-unsaturated/α-hetero) is 1. The van der Waals surface area contributed by atoms with Gasteiger partial charge in [0, 0.05) is 12.3 Å². The Morgan fingerprint density at radius 2 is 2.00 bits per heavy atom. The van der Waals surface area contributed by atoms with Gasteiger partial charge in [-0.15, -0.1) is 0 Å². The van der Waals surface area contributed by atoms with Crippen molar-refractivity contribution >= 4 is 5.78 Å². The summed E-state index contributed by atoms with van der Waals surface area (Å²) in [5.41, 5.74) is 1.03. The predicted molar refractivity (Wildman–Crippen MR) is 99.5 cm³/mol. The van der Waals surface area contributed by atoms with Crippen molar-refractivity contribution in [3.8, 4) is 0 Å². The zero-order valence-corrected chi connectivity index (χ0v) is 16.2. The molecule has 4 nitrogen and oxygen atoms in total. The van der Waals surface area contributed by atoms with Crippen LogP contribution in [0.3, 0.4) is 0 Å². The van der Waals surface area contributed by atoms with E-state index in [0.717, 1.165) is 25.7 Å². The first-order chi connectivity index (χ1) is 12.2. The number of ether oxygens (including phenoxy) is 2. The van der Waals surface area contributed by atoms with Gasteiger partial charge >= 0.3 is 0 Å². The Kier molecular flexibility index (Phi) is 4.11. The highest BCUT2D eigenvalue weighted by molar-refractivity contribution is 5.99. The van der Waals surface area contributed by atoms with Crippen molar-refractivity contribution in [1.29, 1.82) is 0 Å². The molecule has 2 aliphatic heterocycles. The van der Waals surface area contributed by atoms with Crippen LogP contribution in [0.1, 0.15) is 53.4 Å². The van der Waals surface area contributed by atoms with Crippen molar-refractivity contribution in [3.05, 3.63) is 35.3 Å². The van der Waals surface area contributed by atoms with Gasteiger partial charge in [-0.3, -0.25) is 4.79 Å². The maximum atomic E-state index is 12.4. The van der Waals surface area contributed by atoms with Gasteiger partial charge in [-0.1, -0.05) is 37.6 Å². The van der Waals surface area contributed by atoms with Crippen LogP contribution in [0.25, 0.3) is 0 Å². The summed E-state index contributed by atoms with van der Waals surface area (Å²) in [4.78, 5) is 12.4. The highest BCUT2D eigenvalue weighted by Crippen LogP contribution is 2.54. The smallest absolute Gasteiger partial charge is 0.206 e. The van der Waals surface area contributed by atoms with E-state index in [4.69, 9.17) is 9.47 Å². The predicted octanol–water partition coefficient (Wildman–Crippen LogP) is 4.48. The maximum absolute atomic E-state index is 12.4. The molecule has 2 heterocycles. The van der Waals surface area contributed by atoms with E-state index in [9.17, 15) is 9.90 Å². The van der Waals surface area contributed by atoms with E-state index in [1.807, 2.05) is 0 Å². The first-order valence-electron chi connectivity index (χ1n) is 9.83. The first-order valence-corrected chi connectivity index (χ1v) is 9.83. The molecule has 26 heavy (non-hydrogen) atoms. The van der Waals surface area contributed by atoms with Gasteiger partial charge in [0.1, 0.15) is 11.4 Å². The standard InChI is InChI=1S/C22H30O4/c1-13-6-7-15-19-16-14(12-25-19)17(23)18(24)20(16)26-22(15,4)10-5-9-21(2,3)11-8-13/h5,8-9,14-16,19,24H,6-7,10-12H2,1-4H3/b9-5+,13-8+/t14-,15-,16?,19-,22+/m0/s1. The molecule has 0 saturated carbocycles. The number of ketones is 1. The van der Waals surface area contributed by atoms with Gasteiger partial charge in [0.15, 0.2) is 5.76 Å². The average molecular weight is 358 g/mol. The highest BCUT2D eigenvalue weighted by atomic mass is 16.5. The normalized spacial score (nSPS) is 45.1. The summed E-state index contributed by atoms with van der Waals surface area (Å²) in [5.74, 6) is -0.0449. The van der Waals surface area contributed by atoms with Crippen LogP contribution in [-0.2, 0) is 14.3 Å². The Morgan fingerprint density at radius 3 is 2.77 bits per heavy atom. The van der Waals surface area contributed by atoms with Crippen LogP contribution in [-0.4, -0.2) is 29.2 Å². The van der Waals surface area contributed by atoms with Gasteiger partial charge in [-0.05, 0) is 38.5 Å². The van der Waals surface area contributed by atoms with Crippen molar-refractivity contribution in [2.24, 2.45) is 23.2 Å². The quantitative estimate of drug-likeness (QED) is 0.649. The molecular weight excluding hydrogens is 328 g/mol. The largest absolute Gasteiger partial charge is 0.502 e. The van der Waals surface area contributed by atoms with Crippen LogP contribution in [0.5, 0.6) is 0 Å². The molecule has 0 spiro atoms. The molecule has 0 aromatic carbocycles. The van der Waals surface area contributed by atoms with E-state index in [2.05, 4.69) is 45.9 Å². The minimum Gasteiger partial charge on any atom is -0.502 e. The number of hydrogen-bond donors (Lipinski definition) is 1. The summed E-state index contributed by atoms with van der Waals surface area (Å²) in [5, 5.41) is 10.3. The number of rotatable bonds is 0. The number of hydrogen-bond acceptors (Lipinski definition) is 4. The minimum atomic E-state index is -0.471.